The molecule has 1 N–H and O–H groups in total. The van der Waals surface area contributed by atoms with Gasteiger partial charge in [-0.05, 0) is 25.7 Å². The normalized spacial score (nSPS) is 11.9. The molecule has 0 bridgehead atoms. The first-order valence-electron chi connectivity index (χ1n) is 15.9. The summed E-state index contributed by atoms with van der Waals surface area (Å²) in [6.45, 7) is 14.9. The van der Waals surface area contributed by atoms with Gasteiger partial charge in [-0.2, -0.15) is 0 Å². The minimum atomic E-state index is 0. The summed E-state index contributed by atoms with van der Waals surface area (Å²) in [7, 11) is 0. The van der Waals surface area contributed by atoms with Crippen LogP contribution in [-0.4, -0.2) is 30.4 Å². The molecule has 0 saturated heterocycles. The fourth-order valence-electron chi connectivity index (χ4n) is 5.62. The Balaban J connectivity index is 0.000000297. The minimum Gasteiger partial charge on any atom is -0.512 e. The zero-order valence-electron chi connectivity index (χ0n) is 27.6. The van der Waals surface area contributed by atoms with Gasteiger partial charge in [-0.3, -0.25) is 4.79 Å². The number of fused-ring (bicyclic) bond motifs is 2. The van der Waals surface area contributed by atoms with Gasteiger partial charge in [-0.15, -0.1) is 0 Å². The second-order valence-electron chi connectivity index (χ2n) is 12.5. The van der Waals surface area contributed by atoms with E-state index in [2.05, 4.69) is 99.6 Å². The number of rotatable bonds is 9. The van der Waals surface area contributed by atoms with Crippen LogP contribution in [0.2, 0.25) is 0 Å². The molecule has 239 valence electrons. The maximum Gasteiger partial charge on any atom is 0.162 e. The predicted octanol–water partition coefficient (Wildman–Crippen LogP) is 10.7. The van der Waals surface area contributed by atoms with Gasteiger partial charge in [0.05, 0.1) is 5.76 Å². The molecule has 0 amide bonds. The molecule has 1 radical (unpaired) electrons. The molecule has 0 spiro atoms. The number of hydrogen-bond donors (Lipinski definition) is 1. The maximum absolute atomic E-state index is 11.7. The fraction of sp³-hybridized carbons (Fsp3) is 0.350. The van der Waals surface area contributed by atoms with E-state index in [1.807, 2.05) is 33.9 Å². The first-order valence-corrected chi connectivity index (χ1v) is 17.7. The molecule has 2 aromatic heterocycles. The van der Waals surface area contributed by atoms with E-state index in [-0.39, 0.29) is 48.9 Å². The zero-order chi connectivity index (χ0) is 31.9. The fourth-order valence-corrected chi connectivity index (χ4v) is 7.85. The van der Waals surface area contributed by atoms with Gasteiger partial charge in [0.15, 0.2) is 5.78 Å². The molecule has 3 nitrogen and oxygen atoms in total. The number of hydrogen-bond acceptors (Lipinski definition) is 3. The molecule has 0 aliphatic carbocycles. The first kappa shape index (κ1) is 36.7. The van der Waals surface area contributed by atoms with E-state index in [0.29, 0.717) is 14.5 Å². The Morgan fingerprint density at radius 2 is 1.53 bits per heavy atom. The Kier molecular flexibility index (Phi) is 13.6. The maximum atomic E-state index is 11.7. The smallest absolute Gasteiger partial charge is 0.162 e. The second-order valence-corrected chi connectivity index (χ2v) is 14.7. The second kappa shape index (κ2) is 16.7. The summed E-state index contributed by atoms with van der Waals surface area (Å²) in [5.41, 5.74) is 4.72. The third-order valence-corrected chi connectivity index (χ3v) is 10.9. The van der Waals surface area contributed by atoms with Crippen molar-refractivity contribution >= 4 is 40.7 Å². The number of ketones is 1. The Bertz CT molecular complexity index is 1710. The van der Waals surface area contributed by atoms with E-state index in [1.165, 1.54) is 36.7 Å². The molecule has 5 heteroatoms. The van der Waals surface area contributed by atoms with Gasteiger partial charge in [0.1, 0.15) is 0 Å². The van der Waals surface area contributed by atoms with Gasteiger partial charge in [-0.25, -0.2) is 0 Å². The quantitative estimate of drug-likeness (QED) is 0.0696. The van der Waals surface area contributed by atoms with Crippen molar-refractivity contribution in [2.24, 2.45) is 11.8 Å². The van der Waals surface area contributed by atoms with Gasteiger partial charge >= 0.3 is 178 Å². The molecule has 2 heterocycles. The third kappa shape index (κ3) is 9.14. The molecule has 0 fully saturated rings. The molecule has 5 rings (SSSR count). The summed E-state index contributed by atoms with van der Waals surface area (Å²) in [6, 6.07) is 29.8. The van der Waals surface area contributed by atoms with E-state index >= 15 is 0 Å². The SMILES string of the molecule is CC(C)(C)c1cc(-c2cc(-c3cc4ccccc4[se]3)ccn2)[c-]c2ccccc12.CCC(CC)C(=O)/C=C(\O)C(CC)CC.[Ir]. The number of carbonyl (C=O) groups is 1. The summed E-state index contributed by atoms with van der Waals surface area (Å²) >= 11 is 0.346. The van der Waals surface area contributed by atoms with Crippen LogP contribution < -0.4 is 0 Å². The number of aliphatic hydroxyl groups is 1. The van der Waals surface area contributed by atoms with Crippen molar-refractivity contribution in [2.45, 2.75) is 79.6 Å². The number of aliphatic hydroxyl groups excluding tert-OH is 1. The Hall–Kier alpha value is -2.81. The van der Waals surface area contributed by atoms with E-state index < -0.39 is 0 Å². The summed E-state index contributed by atoms with van der Waals surface area (Å²) in [6.07, 6.45) is 6.84. The standard InChI is InChI=1S/C27H22NSe.C13H24O2.Ir/c1-27(2,3)23-15-21(14-18-8-4-6-10-22(18)23)24-16-20(12-13-28-24)26-17-19-9-5-7-11-25(19)29-26;1-5-10(6-2)12(14)9-13(15)11(7-3)8-4;/h4-13,15-17H,1-3H3;9-11,14H,5-8H2,1-4H3;/q-1;;/b;12-9-;. The number of benzene rings is 3. The van der Waals surface area contributed by atoms with Crippen molar-refractivity contribution in [1.29, 1.82) is 0 Å². The molecule has 0 saturated carbocycles. The molecular weight excluding hydrogens is 798 g/mol. The number of pyridine rings is 1. The van der Waals surface area contributed by atoms with Crippen LogP contribution in [0, 0.1) is 17.9 Å². The van der Waals surface area contributed by atoms with Crippen LogP contribution in [-0.2, 0) is 30.3 Å². The first-order chi connectivity index (χ1) is 21.1. The Morgan fingerprint density at radius 3 is 2.18 bits per heavy atom. The summed E-state index contributed by atoms with van der Waals surface area (Å²) < 4.78 is 2.87. The number of allylic oxidation sites excluding steroid dienone is 2. The monoisotopic (exact) mass is 845 g/mol. The van der Waals surface area contributed by atoms with E-state index in [4.69, 9.17) is 4.98 Å². The topological polar surface area (TPSA) is 50.2 Å². The van der Waals surface area contributed by atoms with Gasteiger partial charge < -0.3 is 5.11 Å². The Labute approximate surface area is 289 Å². The minimum absolute atomic E-state index is 0. The number of nitrogens with zero attached hydrogens (tertiary/aromatic N) is 1. The van der Waals surface area contributed by atoms with Crippen molar-refractivity contribution < 1.29 is 30.0 Å². The van der Waals surface area contributed by atoms with Crippen LogP contribution in [0.15, 0.2) is 90.8 Å². The number of aromatic nitrogens is 1. The van der Waals surface area contributed by atoms with Gasteiger partial charge in [0.2, 0.25) is 0 Å². The Morgan fingerprint density at radius 1 is 0.889 bits per heavy atom. The van der Waals surface area contributed by atoms with Crippen LogP contribution in [0.3, 0.4) is 0 Å². The third-order valence-electron chi connectivity index (χ3n) is 8.41. The molecule has 0 aliphatic heterocycles. The molecule has 3 aromatic carbocycles. The molecule has 0 aliphatic rings. The van der Waals surface area contributed by atoms with Crippen molar-refractivity contribution in [3.8, 4) is 21.3 Å². The largest absolute Gasteiger partial charge is 0.512 e. The molecule has 0 atom stereocenters. The van der Waals surface area contributed by atoms with Gasteiger partial charge in [0, 0.05) is 38.0 Å². The average molecular weight is 844 g/mol. The molecule has 45 heavy (non-hydrogen) atoms. The van der Waals surface area contributed by atoms with Crippen LogP contribution in [0.1, 0.15) is 79.7 Å². The van der Waals surface area contributed by atoms with Crippen LogP contribution in [0.4, 0.5) is 0 Å². The van der Waals surface area contributed by atoms with Crippen molar-refractivity contribution in [2.75, 3.05) is 0 Å². The molecule has 0 unspecified atom stereocenters. The van der Waals surface area contributed by atoms with Crippen LogP contribution in [0.25, 0.3) is 41.7 Å². The molecular formula is C40H46IrNO2Se-. The van der Waals surface area contributed by atoms with Crippen molar-refractivity contribution in [1.82, 2.24) is 4.98 Å². The van der Waals surface area contributed by atoms with E-state index in [1.54, 1.807) is 0 Å². The summed E-state index contributed by atoms with van der Waals surface area (Å²) in [5, 5.41) is 13.5. The van der Waals surface area contributed by atoms with E-state index in [9.17, 15) is 9.90 Å². The van der Waals surface area contributed by atoms with Crippen molar-refractivity contribution in [3.63, 3.8) is 0 Å². The van der Waals surface area contributed by atoms with Crippen LogP contribution in [0.5, 0.6) is 0 Å². The predicted molar refractivity (Wildman–Crippen MR) is 188 cm³/mol. The van der Waals surface area contributed by atoms with E-state index in [0.717, 1.165) is 42.3 Å². The number of carbonyl (C=O) groups excluding carboxylic acids is 1. The zero-order valence-corrected chi connectivity index (χ0v) is 31.7. The van der Waals surface area contributed by atoms with Gasteiger partial charge in [0.25, 0.3) is 0 Å². The average Bonchev–Trinajstić information content (AvgIpc) is 3.46. The summed E-state index contributed by atoms with van der Waals surface area (Å²) in [5.74, 6) is 0.547. The summed E-state index contributed by atoms with van der Waals surface area (Å²) in [4.78, 5) is 16.4. The van der Waals surface area contributed by atoms with Crippen molar-refractivity contribution in [3.05, 3.63) is 102 Å². The van der Waals surface area contributed by atoms with Crippen LogP contribution >= 0.6 is 0 Å². The van der Waals surface area contributed by atoms with Gasteiger partial charge in [-0.1, -0.05) is 27.7 Å². The molecule has 5 aromatic rings.